The van der Waals surface area contributed by atoms with Crippen LogP contribution in [0.15, 0.2) is 52.5 Å². The van der Waals surface area contributed by atoms with E-state index in [9.17, 15) is 19.5 Å². The number of fused-ring (bicyclic) bond motifs is 2. The number of thiazole rings is 1. The highest BCUT2D eigenvalue weighted by Gasteiger charge is 2.53. The molecule has 3 aliphatic rings. The fourth-order valence-corrected chi connectivity index (χ4v) is 9.26. The summed E-state index contributed by atoms with van der Waals surface area (Å²) in [7, 11) is 1.25. The van der Waals surface area contributed by atoms with E-state index in [2.05, 4.69) is 31.0 Å². The number of hydrogen-bond acceptors (Lipinski definition) is 12. The molecule has 0 saturated carbocycles. The van der Waals surface area contributed by atoms with Crippen LogP contribution in [0.3, 0.4) is 0 Å². The molecule has 250 valence electrons. The van der Waals surface area contributed by atoms with E-state index >= 15 is 0 Å². The van der Waals surface area contributed by atoms with Crippen molar-refractivity contribution in [2.75, 3.05) is 31.7 Å². The second-order valence-electron chi connectivity index (χ2n) is 11.3. The summed E-state index contributed by atoms with van der Waals surface area (Å²) in [6.45, 7) is 2.68. The molecule has 19 heteroatoms. The molecule has 2 atom stereocenters. The summed E-state index contributed by atoms with van der Waals surface area (Å²) >= 11 is 10.1. The molecule has 4 N–H and O–H groups in total. The number of amidine groups is 1. The Morgan fingerprint density at radius 2 is 2.10 bits per heavy atom. The fraction of sp³-hybridized carbons (Fsp3) is 0.345. The number of thioether (sulfide) groups is 1. The number of thiophene rings is 1. The van der Waals surface area contributed by atoms with Crippen LogP contribution in [0.1, 0.15) is 29.0 Å². The average Bonchev–Trinajstić information content (AvgIpc) is 3.90. The van der Waals surface area contributed by atoms with Crippen LogP contribution in [0.5, 0.6) is 0 Å². The molecule has 0 spiro atoms. The Bertz CT molecular complexity index is 2020. The largest absolute Gasteiger partial charge is 0.543 e. The average molecular weight is 729 g/mol. The number of anilines is 1. The molecule has 2 amide bonds. The molecule has 2 saturated heterocycles. The van der Waals surface area contributed by atoms with Crippen molar-refractivity contribution < 1.29 is 28.9 Å². The lowest BCUT2D eigenvalue weighted by Gasteiger charge is -2.50. The normalized spacial score (nSPS) is 19.5. The molecule has 0 radical (unpaired) electrons. The number of halogens is 1. The molecule has 48 heavy (non-hydrogen) atoms. The molecule has 7 rings (SSSR count). The van der Waals surface area contributed by atoms with Crippen molar-refractivity contribution in [2.45, 2.75) is 37.3 Å². The zero-order valence-corrected chi connectivity index (χ0v) is 28.6. The third-order valence-corrected chi connectivity index (χ3v) is 11.7. The van der Waals surface area contributed by atoms with Gasteiger partial charge in [0, 0.05) is 34.7 Å². The zero-order valence-electron chi connectivity index (χ0n) is 25.4. The number of likely N-dealkylation sites (tertiary alicyclic amines) is 1. The number of nitrogen functional groups attached to an aromatic ring is 1. The lowest BCUT2D eigenvalue weighted by molar-refractivity contribution is -0.661. The van der Waals surface area contributed by atoms with Gasteiger partial charge in [-0.25, -0.2) is 14.2 Å². The Labute approximate surface area is 290 Å². The van der Waals surface area contributed by atoms with Crippen molar-refractivity contribution in [3.05, 3.63) is 67.8 Å². The van der Waals surface area contributed by atoms with Gasteiger partial charge in [0.2, 0.25) is 0 Å². The number of carboxylic acid groups (broad SMARTS) is 1. The number of oxime groups is 1. The maximum Gasteiger partial charge on any atom is 0.307 e. The minimum Gasteiger partial charge on any atom is -0.543 e. The van der Waals surface area contributed by atoms with Crippen LogP contribution in [0.4, 0.5) is 5.13 Å². The number of nitrogens with two attached hydrogens (primary N) is 1. The number of carbonyl (C=O) groups excluding carboxylic acids is 3. The lowest BCUT2D eigenvalue weighted by atomic mass is 10.0. The molecule has 4 aromatic rings. The van der Waals surface area contributed by atoms with Gasteiger partial charge in [0.1, 0.15) is 47.1 Å². The monoisotopic (exact) mass is 728 g/mol. The summed E-state index contributed by atoms with van der Waals surface area (Å²) in [5, 5.41) is 28.8. The first-order valence-electron chi connectivity index (χ1n) is 14.8. The fourth-order valence-electron chi connectivity index (χ4n) is 6.13. The van der Waals surface area contributed by atoms with Gasteiger partial charge in [-0.15, -0.1) is 27.6 Å². The Hall–Kier alpha value is -4.39. The molecule has 7 heterocycles. The molecule has 4 aromatic heterocycles. The van der Waals surface area contributed by atoms with Crippen LogP contribution in [0.25, 0.3) is 5.65 Å². The first-order chi connectivity index (χ1) is 23.1. The number of hydrogen-bond donors (Lipinski definition) is 3. The van der Waals surface area contributed by atoms with Crippen LogP contribution < -0.4 is 20.7 Å². The van der Waals surface area contributed by atoms with Crippen molar-refractivity contribution in [1.29, 1.82) is 5.41 Å². The lowest BCUT2D eigenvalue weighted by Crippen LogP contribution is -2.71. The van der Waals surface area contributed by atoms with E-state index in [1.807, 2.05) is 39.2 Å². The number of rotatable bonds is 10. The quantitative estimate of drug-likeness (QED) is 0.0694. The molecule has 0 unspecified atom stereocenters. The summed E-state index contributed by atoms with van der Waals surface area (Å²) in [6, 6.07) is 3.00. The minimum atomic E-state index is -1.47. The molecular weight excluding hydrogens is 700 g/mol. The third-order valence-electron chi connectivity index (χ3n) is 8.37. The first kappa shape index (κ1) is 32.2. The SMILES string of the molecule is CO/N=C(\C(=O)N[C@@H]1C(=O)N2C(C(=O)[O-])=C(Cn3ccc4n3cc[n+]4Cc3cc(C(=N)N4CCCC4)cs3)CS[C@H]12)c1nc(N)sc1Cl. The number of imidazole rings is 1. The number of carboxylic acids is 1. The summed E-state index contributed by atoms with van der Waals surface area (Å²) in [4.78, 5) is 52.1. The summed E-state index contributed by atoms with van der Waals surface area (Å²) in [5.74, 6) is -1.98. The predicted molar refractivity (Wildman–Crippen MR) is 179 cm³/mol. The van der Waals surface area contributed by atoms with Crippen molar-refractivity contribution in [2.24, 2.45) is 5.16 Å². The van der Waals surface area contributed by atoms with Crippen molar-refractivity contribution in [3.8, 4) is 0 Å². The van der Waals surface area contributed by atoms with Crippen LogP contribution in [-0.4, -0.2) is 90.7 Å². The summed E-state index contributed by atoms with van der Waals surface area (Å²) in [6.07, 6.45) is 7.96. The van der Waals surface area contributed by atoms with E-state index in [4.69, 9.17) is 27.6 Å². The van der Waals surface area contributed by atoms with Crippen molar-refractivity contribution >= 4 is 86.1 Å². The van der Waals surface area contributed by atoms with Gasteiger partial charge in [-0.05, 0) is 24.5 Å². The number of nitrogens with one attached hydrogen (secondary N) is 2. The van der Waals surface area contributed by atoms with Crippen LogP contribution >= 0.6 is 46.0 Å². The molecule has 0 bridgehead atoms. The molecular formula is C29H29ClN10O5S3. The second-order valence-corrected chi connectivity index (χ2v) is 15.0. The van der Waals surface area contributed by atoms with Gasteiger partial charge in [0.05, 0.1) is 30.5 Å². The number of aromatic nitrogens is 4. The van der Waals surface area contributed by atoms with E-state index < -0.39 is 29.2 Å². The molecule has 0 aromatic carbocycles. The number of carbonyl (C=O) groups is 3. The molecule has 15 nitrogen and oxygen atoms in total. The Kier molecular flexibility index (Phi) is 8.65. The maximum absolute atomic E-state index is 13.3. The van der Waals surface area contributed by atoms with Crippen LogP contribution in [0, 0.1) is 5.41 Å². The molecule has 2 fully saturated rings. The summed E-state index contributed by atoms with van der Waals surface area (Å²) < 4.78 is 6.01. The Morgan fingerprint density at radius 1 is 1.31 bits per heavy atom. The Balaban J connectivity index is 1.06. The maximum atomic E-state index is 13.3. The second kappa shape index (κ2) is 12.9. The van der Waals surface area contributed by atoms with E-state index in [1.165, 1.54) is 18.9 Å². The van der Waals surface area contributed by atoms with Crippen LogP contribution in [-0.2, 0) is 32.3 Å². The topological polar surface area (TPSA) is 190 Å². The van der Waals surface area contributed by atoms with E-state index in [0.717, 1.165) is 58.3 Å². The van der Waals surface area contributed by atoms with Gasteiger partial charge in [0.25, 0.3) is 11.8 Å². The number of nitrogens with zero attached hydrogens (tertiary/aromatic N) is 7. The van der Waals surface area contributed by atoms with E-state index in [-0.39, 0.29) is 33.1 Å². The predicted octanol–water partition coefficient (Wildman–Crippen LogP) is 0.706. The number of β-lactam (4-membered cyclic amide) rings is 1. The van der Waals surface area contributed by atoms with Crippen molar-refractivity contribution in [3.63, 3.8) is 0 Å². The third kappa shape index (κ3) is 5.71. The van der Waals surface area contributed by atoms with Gasteiger partial charge < -0.3 is 30.7 Å². The molecule has 3 aliphatic heterocycles. The highest BCUT2D eigenvalue weighted by molar-refractivity contribution is 8.00. The van der Waals surface area contributed by atoms with Gasteiger partial charge in [-0.2, -0.15) is 0 Å². The molecule has 0 aliphatic carbocycles. The van der Waals surface area contributed by atoms with Gasteiger partial charge in [-0.1, -0.05) is 28.1 Å². The van der Waals surface area contributed by atoms with Gasteiger partial charge in [0.15, 0.2) is 17.0 Å². The van der Waals surface area contributed by atoms with Gasteiger partial charge >= 0.3 is 5.65 Å². The van der Waals surface area contributed by atoms with E-state index in [1.54, 1.807) is 11.3 Å². The first-order valence-corrected chi connectivity index (χ1v) is 18.0. The van der Waals surface area contributed by atoms with Gasteiger partial charge in [-0.3, -0.25) is 19.9 Å². The van der Waals surface area contributed by atoms with Crippen molar-refractivity contribution in [1.82, 2.24) is 29.3 Å². The smallest absolute Gasteiger partial charge is 0.307 e. The minimum absolute atomic E-state index is 0.0126. The Morgan fingerprint density at radius 3 is 2.81 bits per heavy atom. The standard InChI is InChI=1S/C29H29ClN10O5S3/c1-45-35-20(19-23(30)48-29(32)34-19)25(41)33-21-26(42)40-22(28(43)44)16(14-47-27(21)40)11-38-7-4-18-37(8-9-39(18)38)12-17-10-15(13-46-17)24(31)36-5-2-3-6-36/h4,7-10,13,21,27,31H,2-3,5-6,11-12,14H2,1H3,(H3-,32,33,34,41,43,44)/b31-24?,35-20-/t21-,27-/m1/s1. The summed E-state index contributed by atoms with van der Waals surface area (Å²) in [5.41, 5.74) is 7.59. The number of aliphatic carboxylic acids is 1. The zero-order chi connectivity index (χ0) is 33.7. The highest BCUT2D eigenvalue weighted by atomic mass is 35.5. The number of amides is 2. The van der Waals surface area contributed by atoms with Crippen LogP contribution in [0.2, 0.25) is 4.34 Å². The van der Waals surface area contributed by atoms with E-state index in [0.29, 0.717) is 23.7 Å². The highest BCUT2D eigenvalue weighted by Crippen LogP contribution is 2.40.